The van der Waals surface area contributed by atoms with Crippen LogP contribution in [0.15, 0.2) is 10.6 Å². The third-order valence-electron chi connectivity index (χ3n) is 4.89. The molecule has 2 aliphatic rings. The number of rotatable bonds is 6. The largest absolute Gasteiger partial charge is 0.360 e. The Hall–Kier alpha value is -1.69. The molecule has 6 nitrogen and oxygen atoms in total. The number of amides is 1. The summed E-state index contributed by atoms with van der Waals surface area (Å²) < 4.78 is 5.24. The van der Waals surface area contributed by atoms with Gasteiger partial charge in [-0.1, -0.05) is 5.16 Å². The summed E-state index contributed by atoms with van der Waals surface area (Å²) in [5.41, 5.74) is 6.11. The van der Waals surface area contributed by atoms with Crippen molar-refractivity contribution in [2.24, 2.45) is 11.7 Å². The van der Waals surface area contributed by atoms with Gasteiger partial charge in [-0.3, -0.25) is 9.59 Å². The van der Waals surface area contributed by atoms with E-state index in [9.17, 15) is 9.59 Å². The summed E-state index contributed by atoms with van der Waals surface area (Å²) in [6, 6.07) is 1.38. The Kier molecular flexibility index (Phi) is 4.80. The van der Waals surface area contributed by atoms with Crippen molar-refractivity contribution in [3.63, 3.8) is 0 Å². The first-order chi connectivity index (χ1) is 11.0. The summed E-state index contributed by atoms with van der Waals surface area (Å²) in [5.74, 6) is 1.92. The SMILES string of the molecule is C[C@H](N)C(=O)N1CCC(CCC(=O)c2cc(C3CC3)on2)CC1. The summed E-state index contributed by atoms with van der Waals surface area (Å²) in [5, 5.41) is 3.90. The van der Waals surface area contributed by atoms with E-state index in [0.29, 0.717) is 24.0 Å². The van der Waals surface area contributed by atoms with Crippen LogP contribution in [0.2, 0.25) is 0 Å². The summed E-state index contributed by atoms with van der Waals surface area (Å²) in [6.07, 6.45) is 5.52. The fourth-order valence-corrected chi connectivity index (χ4v) is 3.17. The number of ketones is 1. The second-order valence-corrected chi connectivity index (χ2v) is 6.91. The zero-order chi connectivity index (χ0) is 16.4. The maximum atomic E-state index is 12.2. The number of nitrogens with zero attached hydrogens (tertiary/aromatic N) is 2. The molecule has 0 spiro atoms. The summed E-state index contributed by atoms with van der Waals surface area (Å²) in [6.45, 7) is 3.21. The molecule has 2 N–H and O–H groups in total. The molecule has 0 unspecified atom stereocenters. The van der Waals surface area contributed by atoms with Crippen molar-refractivity contribution < 1.29 is 14.1 Å². The smallest absolute Gasteiger partial charge is 0.239 e. The van der Waals surface area contributed by atoms with Crippen LogP contribution in [0.3, 0.4) is 0 Å². The Morgan fingerprint density at radius 3 is 2.65 bits per heavy atom. The maximum Gasteiger partial charge on any atom is 0.239 e. The van der Waals surface area contributed by atoms with E-state index >= 15 is 0 Å². The van der Waals surface area contributed by atoms with E-state index in [1.54, 1.807) is 6.92 Å². The van der Waals surface area contributed by atoms with E-state index < -0.39 is 6.04 Å². The van der Waals surface area contributed by atoms with Crippen LogP contribution >= 0.6 is 0 Å². The van der Waals surface area contributed by atoms with Crippen LogP contribution < -0.4 is 5.73 Å². The molecule has 1 amide bonds. The van der Waals surface area contributed by atoms with Gasteiger partial charge in [-0.05, 0) is 44.9 Å². The number of piperidine rings is 1. The normalized spacial score (nSPS) is 20.5. The van der Waals surface area contributed by atoms with Gasteiger partial charge < -0.3 is 15.2 Å². The highest BCUT2D eigenvalue weighted by atomic mass is 16.5. The van der Waals surface area contributed by atoms with Crippen LogP contribution in [0.5, 0.6) is 0 Å². The van der Waals surface area contributed by atoms with Crippen molar-refractivity contribution in [2.45, 2.75) is 57.4 Å². The van der Waals surface area contributed by atoms with E-state index in [4.69, 9.17) is 10.3 Å². The molecule has 1 saturated carbocycles. The standard InChI is InChI=1S/C17H25N3O3/c1-11(18)17(22)20-8-6-12(7-9-20)2-5-15(21)14-10-16(23-19-14)13-3-4-13/h10-13H,2-9,18H2,1H3/t11-/m0/s1. The number of aromatic nitrogens is 1. The molecule has 1 aliphatic heterocycles. The van der Waals surface area contributed by atoms with Crippen LogP contribution in [0.1, 0.15) is 67.6 Å². The molecule has 1 aromatic rings. The average Bonchev–Trinajstić information content (AvgIpc) is 3.29. The highest BCUT2D eigenvalue weighted by molar-refractivity contribution is 5.94. The minimum Gasteiger partial charge on any atom is -0.360 e. The molecule has 3 rings (SSSR count). The van der Waals surface area contributed by atoms with E-state index in [1.165, 1.54) is 0 Å². The Balaban J connectivity index is 1.42. The van der Waals surface area contributed by atoms with Crippen molar-refractivity contribution in [2.75, 3.05) is 13.1 Å². The molecule has 6 heteroatoms. The zero-order valence-electron chi connectivity index (χ0n) is 13.7. The van der Waals surface area contributed by atoms with E-state index in [2.05, 4.69) is 5.16 Å². The Morgan fingerprint density at radius 2 is 2.04 bits per heavy atom. The van der Waals surface area contributed by atoms with Crippen molar-refractivity contribution in [3.05, 3.63) is 17.5 Å². The Labute approximate surface area is 136 Å². The lowest BCUT2D eigenvalue weighted by Crippen LogP contribution is -2.45. The topological polar surface area (TPSA) is 89.4 Å². The molecule has 2 heterocycles. The molecular formula is C17H25N3O3. The Bertz CT molecular complexity index is 569. The molecule has 1 aromatic heterocycles. The number of hydrogen-bond acceptors (Lipinski definition) is 5. The molecule has 23 heavy (non-hydrogen) atoms. The minimum absolute atomic E-state index is 0.0229. The van der Waals surface area contributed by atoms with Crippen molar-refractivity contribution in [1.29, 1.82) is 0 Å². The van der Waals surface area contributed by atoms with Gasteiger partial charge in [0.1, 0.15) is 11.5 Å². The molecule has 0 radical (unpaired) electrons. The quantitative estimate of drug-likeness (QED) is 0.811. The van der Waals surface area contributed by atoms with Gasteiger partial charge in [-0.15, -0.1) is 0 Å². The number of nitrogens with two attached hydrogens (primary N) is 1. The minimum atomic E-state index is -0.430. The van der Waals surface area contributed by atoms with Crippen molar-refractivity contribution >= 4 is 11.7 Å². The van der Waals surface area contributed by atoms with Crippen LogP contribution in [-0.4, -0.2) is 40.9 Å². The van der Waals surface area contributed by atoms with Gasteiger partial charge in [-0.2, -0.15) is 0 Å². The first kappa shape index (κ1) is 16.2. The monoisotopic (exact) mass is 319 g/mol. The number of carbonyl (C=O) groups is 2. The fraction of sp³-hybridized carbons (Fsp3) is 0.706. The lowest BCUT2D eigenvalue weighted by Gasteiger charge is -2.32. The lowest BCUT2D eigenvalue weighted by molar-refractivity contribution is -0.133. The van der Waals surface area contributed by atoms with Crippen LogP contribution in [0.25, 0.3) is 0 Å². The number of likely N-dealkylation sites (tertiary alicyclic amines) is 1. The van der Waals surface area contributed by atoms with E-state index in [1.807, 2.05) is 11.0 Å². The molecular weight excluding hydrogens is 294 g/mol. The number of carbonyl (C=O) groups excluding carboxylic acids is 2. The lowest BCUT2D eigenvalue weighted by atomic mass is 9.90. The van der Waals surface area contributed by atoms with Gasteiger partial charge in [-0.25, -0.2) is 0 Å². The van der Waals surface area contributed by atoms with E-state index in [-0.39, 0.29) is 11.7 Å². The molecule has 0 aromatic carbocycles. The average molecular weight is 319 g/mol. The van der Waals surface area contributed by atoms with Crippen LogP contribution in [-0.2, 0) is 4.79 Å². The molecule has 1 aliphatic carbocycles. The third-order valence-corrected chi connectivity index (χ3v) is 4.89. The van der Waals surface area contributed by atoms with Crippen LogP contribution in [0.4, 0.5) is 0 Å². The molecule has 1 atom stereocenters. The first-order valence-corrected chi connectivity index (χ1v) is 8.58. The molecule has 0 bridgehead atoms. The Morgan fingerprint density at radius 1 is 1.35 bits per heavy atom. The molecule has 126 valence electrons. The predicted molar refractivity (Wildman–Crippen MR) is 85.0 cm³/mol. The molecule has 2 fully saturated rings. The van der Waals surface area contributed by atoms with Crippen molar-refractivity contribution in [3.8, 4) is 0 Å². The second kappa shape index (κ2) is 6.83. The first-order valence-electron chi connectivity index (χ1n) is 8.58. The van der Waals surface area contributed by atoms with Gasteiger partial charge in [0.2, 0.25) is 5.91 Å². The number of Topliss-reactive ketones (excluding diaryl/α,β-unsaturated/α-hetero) is 1. The highest BCUT2D eigenvalue weighted by Gasteiger charge is 2.29. The zero-order valence-corrected chi connectivity index (χ0v) is 13.7. The summed E-state index contributed by atoms with van der Waals surface area (Å²) in [4.78, 5) is 25.9. The van der Waals surface area contributed by atoms with Gasteiger partial charge in [0, 0.05) is 31.5 Å². The van der Waals surface area contributed by atoms with Gasteiger partial charge >= 0.3 is 0 Å². The summed E-state index contributed by atoms with van der Waals surface area (Å²) >= 11 is 0. The van der Waals surface area contributed by atoms with E-state index in [0.717, 1.165) is 51.0 Å². The van der Waals surface area contributed by atoms with Gasteiger partial charge in [0.15, 0.2) is 5.78 Å². The second-order valence-electron chi connectivity index (χ2n) is 6.91. The van der Waals surface area contributed by atoms with Gasteiger partial charge in [0.05, 0.1) is 6.04 Å². The molecule has 1 saturated heterocycles. The summed E-state index contributed by atoms with van der Waals surface area (Å²) in [7, 11) is 0. The number of hydrogen-bond donors (Lipinski definition) is 1. The van der Waals surface area contributed by atoms with Gasteiger partial charge in [0.25, 0.3) is 0 Å². The highest BCUT2D eigenvalue weighted by Crippen LogP contribution is 2.40. The van der Waals surface area contributed by atoms with Crippen LogP contribution in [0, 0.1) is 5.92 Å². The van der Waals surface area contributed by atoms with Crippen molar-refractivity contribution in [1.82, 2.24) is 10.1 Å². The third kappa shape index (κ3) is 3.99. The predicted octanol–water partition coefficient (Wildman–Crippen LogP) is 2.10. The fourth-order valence-electron chi connectivity index (χ4n) is 3.17. The maximum absolute atomic E-state index is 12.2.